The third-order valence-electron chi connectivity index (χ3n) is 1.35. The number of hydrogen-bond donors (Lipinski definition) is 2. The van der Waals surface area contributed by atoms with Gasteiger partial charge in [-0.15, -0.1) is 0 Å². The Hall–Kier alpha value is -0.590. The zero-order chi connectivity index (χ0) is 7.98. The summed E-state index contributed by atoms with van der Waals surface area (Å²) in [5, 5.41) is 11.5. The Balaban J connectivity index is 3.28. The number of rotatable bonds is 4. The molecule has 3 nitrogen and oxygen atoms in total. The van der Waals surface area contributed by atoms with Crippen molar-refractivity contribution in [3.8, 4) is 6.07 Å². The fraction of sp³-hybridized carbons (Fsp3) is 0.857. The first kappa shape index (κ1) is 9.41. The van der Waals surface area contributed by atoms with Crippen LogP contribution in [0.4, 0.5) is 0 Å². The summed E-state index contributed by atoms with van der Waals surface area (Å²) in [5.74, 6) is 0.0778. The second kappa shape index (κ2) is 5.21. The summed E-state index contributed by atoms with van der Waals surface area (Å²) in [6.45, 7) is 5.24. The van der Waals surface area contributed by atoms with Crippen LogP contribution in [0.25, 0.3) is 0 Å². The monoisotopic (exact) mass is 141 g/mol. The molecule has 0 fully saturated rings. The van der Waals surface area contributed by atoms with Gasteiger partial charge >= 0.3 is 0 Å². The predicted octanol–water partition coefficient (Wildman–Crippen LogP) is 0.0829. The van der Waals surface area contributed by atoms with Gasteiger partial charge < -0.3 is 11.1 Å². The van der Waals surface area contributed by atoms with E-state index in [4.69, 9.17) is 11.0 Å². The van der Waals surface area contributed by atoms with E-state index < -0.39 is 0 Å². The van der Waals surface area contributed by atoms with Gasteiger partial charge in [0, 0.05) is 19.1 Å². The SMILES string of the molecule is CC(C#N)CNC(C)CN. The zero-order valence-electron chi connectivity index (χ0n) is 6.59. The molecule has 0 heterocycles. The van der Waals surface area contributed by atoms with Crippen molar-refractivity contribution in [2.24, 2.45) is 11.7 Å². The molecule has 0 amide bonds. The topological polar surface area (TPSA) is 61.8 Å². The van der Waals surface area contributed by atoms with Crippen molar-refractivity contribution in [3.63, 3.8) is 0 Å². The molecule has 10 heavy (non-hydrogen) atoms. The average molecular weight is 141 g/mol. The second-order valence-corrected chi connectivity index (χ2v) is 2.58. The van der Waals surface area contributed by atoms with Crippen molar-refractivity contribution < 1.29 is 0 Å². The molecule has 0 aliphatic heterocycles. The average Bonchev–Trinajstić information content (AvgIpc) is 1.99. The summed E-state index contributed by atoms with van der Waals surface area (Å²) in [7, 11) is 0. The zero-order valence-corrected chi connectivity index (χ0v) is 6.59. The van der Waals surface area contributed by atoms with Crippen LogP contribution < -0.4 is 11.1 Å². The molecule has 58 valence electrons. The van der Waals surface area contributed by atoms with Gasteiger partial charge in [0.15, 0.2) is 0 Å². The molecule has 0 aromatic carbocycles. The van der Waals surface area contributed by atoms with E-state index in [1.807, 2.05) is 13.8 Å². The Morgan fingerprint density at radius 1 is 1.60 bits per heavy atom. The van der Waals surface area contributed by atoms with Gasteiger partial charge in [-0.1, -0.05) is 0 Å². The molecule has 0 rings (SSSR count). The van der Waals surface area contributed by atoms with Crippen LogP contribution in [-0.4, -0.2) is 19.1 Å². The molecule has 0 bridgehead atoms. The van der Waals surface area contributed by atoms with E-state index in [9.17, 15) is 0 Å². The van der Waals surface area contributed by atoms with Crippen molar-refractivity contribution in [2.75, 3.05) is 13.1 Å². The third kappa shape index (κ3) is 4.30. The molecular formula is C7H15N3. The summed E-state index contributed by atoms with van der Waals surface area (Å²) in [6, 6.07) is 2.46. The maximum absolute atomic E-state index is 8.40. The molecule has 0 spiro atoms. The minimum absolute atomic E-state index is 0.0778. The molecular weight excluding hydrogens is 126 g/mol. The van der Waals surface area contributed by atoms with E-state index in [1.165, 1.54) is 0 Å². The number of nitrogens with zero attached hydrogens (tertiary/aromatic N) is 1. The van der Waals surface area contributed by atoms with Gasteiger partial charge in [0.2, 0.25) is 0 Å². The molecule has 0 aliphatic rings. The van der Waals surface area contributed by atoms with Crippen LogP contribution in [0.15, 0.2) is 0 Å². The normalized spacial score (nSPS) is 15.8. The Morgan fingerprint density at radius 3 is 2.60 bits per heavy atom. The standard InChI is InChI=1S/C7H15N3/c1-6(3-8)5-10-7(2)4-9/h6-7,10H,4-5,9H2,1-2H3. The largest absolute Gasteiger partial charge is 0.329 e. The van der Waals surface area contributed by atoms with Crippen molar-refractivity contribution in [2.45, 2.75) is 19.9 Å². The summed E-state index contributed by atoms with van der Waals surface area (Å²) < 4.78 is 0. The van der Waals surface area contributed by atoms with E-state index >= 15 is 0 Å². The smallest absolute Gasteiger partial charge is 0.0666 e. The first-order valence-electron chi connectivity index (χ1n) is 3.53. The lowest BCUT2D eigenvalue weighted by Gasteiger charge is -2.11. The third-order valence-corrected chi connectivity index (χ3v) is 1.35. The lowest BCUT2D eigenvalue weighted by Crippen LogP contribution is -2.35. The Bertz CT molecular complexity index is 117. The fourth-order valence-electron chi connectivity index (χ4n) is 0.507. The van der Waals surface area contributed by atoms with Crippen LogP contribution >= 0.6 is 0 Å². The molecule has 3 heteroatoms. The highest BCUT2D eigenvalue weighted by Crippen LogP contribution is 1.88. The highest BCUT2D eigenvalue weighted by Gasteiger charge is 2.01. The van der Waals surface area contributed by atoms with Gasteiger partial charge in [-0.2, -0.15) is 5.26 Å². The Kier molecular flexibility index (Phi) is 4.91. The second-order valence-electron chi connectivity index (χ2n) is 2.58. The van der Waals surface area contributed by atoms with Gasteiger partial charge in [-0.3, -0.25) is 0 Å². The van der Waals surface area contributed by atoms with Crippen LogP contribution in [0, 0.1) is 17.2 Å². The summed E-state index contributed by atoms with van der Waals surface area (Å²) in [5.41, 5.74) is 5.35. The van der Waals surface area contributed by atoms with Crippen LogP contribution in [0.2, 0.25) is 0 Å². The number of nitrogens with one attached hydrogen (secondary N) is 1. The molecule has 0 radical (unpaired) electrons. The number of nitriles is 1. The fourth-order valence-corrected chi connectivity index (χ4v) is 0.507. The van der Waals surface area contributed by atoms with Crippen molar-refractivity contribution in [1.82, 2.24) is 5.32 Å². The molecule has 2 atom stereocenters. The summed E-state index contributed by atoms with van der Waals surface area (Å²) in [6.07, 6.45) is 0. The molecule has 0 aromatic heterocycles. The maximum Gasteiger partial charge on any atom is 0.0666 e. The first-order chi connectivity index (χ1) is 4.70. The Labute approximate surface area is 62.2 Å². The van der Waals surface area contributed by atoms with E-state index in [-0.39, 0.29) is 5.92 Å². The van der Waals surface area contributed by atoms with Gasteiger partial charge in [0.25, 0.3) is 0 Å². The van der Waals surface area contributed by atoms with Gasteiger partial charge in [0.05, 0.1) is 12.0 Å². The van der Waals surface area contributed by atoms with Crippen molar-refractivity contribution in [3.05, 3.63) is 0 Å². The first-order valence-corrected chi connectivity index (χ1v) is 3.53. The molecule has 0 saturated heterocycles. The van der Waals surface area contributed by atoms with Gasteiger partial charge in [0.1, 0.15) is 0 Å². The molecule has 0 aromatic rings. The summed E-state index contributed by atoms with van der Waals surface area (Å²) in [4.78, 5) is 0. The van der Waals surface area contributed by atoms with Crippen LogP contribution in [0.5, 0.6) is 0 Å². The minimum atomic E-state index is 0.0778. The maximum atomic E-state index is 8.40. The molecule has 3 N–H and O–H groups in total. The van der Waals surface area contributed by atoms with Crippen LogP contribution in [0.3, 0.4) is 0 Å². The van der Waals surface area contributed by atoms with Crippen LogP contribution in [-0.2, 0) is 0 Å². The van der Waals surface area contributed by atoms with E-state index in [2.05, 4.69) is 11.4 Å². The molecule has 2 unspecified atom stereocenters. The lowest BCUT2D eigenvalue weighted by molar-refractivity contribution is 0.517. The van der Waals surface area contributed by atoms with Crippen molar-refractivity contribution >= 4 is 0 Å². The molecule has 0 aliphatic carbocycles. The van der Waals surface area contributed by atoms with Gasteiger partial charge in [-0.25, -0.2) is 0 Å². The summed E-state index contributed by atoms with van der Waals surface area (Å²) >= 11 is 0. The highest BCUT2D eigenvalue weighted by atomic mass is 14.9. The molecule has 0 saturated carbocycles. The van der Waals surface area contributed by atoms with Crippen LogP contribution in [0.1, 0.15) is 13.8 Å². The minimum Gasteiger partial charge on any atom is -0.329 e. The lowest BCUT2D eigenvalue weighted by atomic mass is 10.2. The Morgan fingerprint density at radius 2 is 2.20 bits per heavy atom. The van der Waals surface area contributed by atoms with E-state index in [1.54, 1.807) is 0 Å². The van der Waals surface area contributed by atoms with Crippen molar-refractivity contribution in [1.29, 1.82) is 5.26 Å². The predicted molar refractivity (Wildman–Crippen MR) is 41.3 cm³/mol. The van der Waals surface area contributed by atoms with Gasteiger partial charge in [-0.05, 0) is 13.8 Å². The van der Waals surface area contributed by atoms with E-state index in [0.29, 0.717) is 12.6 Å². The number of hydrogen-bond acceptors (Lipinski definition) is 3. The highest BCUT2D eigenvalue weighted by molar-refractivity contribution is 4.81. The quantitative estimate of drug-likeness (QED) is 0.583. The number of nitrogens with two attached hydrogens (primary N) is 1. The van der Waals surface area contributed by atoms with E-state index in [0.717, 1.165) is 6.54 Å².